The summed E-state index contributed by atoms with van der Waals surface area (Å²) in [6.07, 6.45) is 0. The topological polar surface area (TPSA) is 48.8 Å². The van der Waals surface area contributed by atoms with Crippen LogP contribution >= 0.6 is 0 Å². The van der Waals surface area contributed by atoms with Gasteiger partial charge in [-0.3, -0.25) is 4.57 Å². The molecule has 8 aromatic carbocycles. The van der Waals surface area contributed by atoms with Crippen molar-refractivity contribution in [2.45, 2.75) is 0 Å². The maximum atomic E-state index is 6.50. The highest BCUT2D eigenvalue weighted by Gasteiger charge is 2.24. The molecule has 0 aliphatic rings. The second-order valence-electron chi connectivity index (χ2n) is 13.8. The smallest absolute Gasteiger partial charge is 0.235 e. The van der Waals surface area contributed by atoms with Gasteiger partial charge in [-0.25, -0.2) is 9.97 Å². The standard InChI is InChI=1S/C48H28N4O/c1-2-14-30(15-3-1)46-34-19-6-9-21-38(34)49-48(50-46)52-40-22-10-7-20-35(40)45-41(52)26-25-33-36-27-37-32-18-8-11-24-43(32)53-44(37)28-42(36)51(47(33)45)39-23-12-16-29-13-4-5-17-31(29)39/h1-28H. The van der Waals surface area contributed by atoms with Gasteiger partial charge in [-0.2, -0.15) is 0 Å². The number of aromatic nitrogens is 4. The molecule has 5 nitrogen and oxygen atoms in total. The Bertz CT molecular complexity index is 3450. The molecule has 53 heavy (non-hydrogen) atoms. The molecule has 5 heteroatoms. The summed E-state index contributed by atoms with van der Waals surface area (Å²) in [5, 5.41) is 10.3. The van der Waals surface area contributed by atoms with Crippen LogP contribution in [0.3, 0.4) is 0 Å². The van der Waals surface area contributed by atoms with Crippen molar-refractivity contribution in [1.82, 2.24) is 19.1 Å². The van der Waals surface area contributed by atoms with E-state index in [0.29, 0.717) is 5.95 Å². The third kappa shape index (κ3) is 3.96. The number of benzene rings is 8. The summed E-state index contributed by atoms with van der Waals surface area (Å²) in [4.78, 5) is 10.6. The molecule has 0 saturated carbocycles. The highest BCUT2D eigenvalue weighted by Crippen LogP contribution is 2.45. The van der Waals surface area contributed by atoms with Gasteiger partial charge in [0.05, 0.1) is 39.0 Å². The van der Waals surface area contributed by atoms with Gasteiger partial charge in [-0.1, -0.05) is 127 Å². The van der Waals surface area contributed by atoms with Crippen molar-refractivity contribution < 1.29 is 4.42 Å². The highest BCUT2D eigenvalue weighted by atomic mass is 16.3. The van der Waals surface area contributed by atoms with Crippen LogP contribution in [0.4, 0.5) is 0 Å². The van der Waals surface area contributed by atoms with E-state index in [1.807, 2.05) is 24.3 Å². The Labute approximate surface area is 302 Å². The summed E-state index contributed by atoms with van der Waals surface area (Å²) in [6.45, 7) is 0. The summed E-state index contributed by atoms with van der Waals surface area (Å²) in [5.41, 5.74) is 10.1. The minimum Gasteiger partial charge on any atom is -0.456 e. The Hall–Kier alpha value is -7.24. The van der Waals surface area contributed by atoms with E-state index in [2.05, 4.69) is 155 Å². The lowest BCUT2D eigenvalue weighted by Gasteiger charge is -2.13. The monoisotopic (exact) mass is 676 g/mol. The van der Waals surface area contributed by atoms with Gasteiger partial charge in [0.2, 0.25) is 5.95 Å². The van der Waals surface area contributed by atoms with Gasteiger partial charge in [0.1, 0.15) is 11.2 Å². The van der Waals surface area contributed by atoms with Gasteiger partial charge < -0.3 is 8.98 Å². The van der Waals surface area contributed by atoms with E-state index in [9.17, 15) is 0 Å². The largest absolute Gasteiger partial charge is 0.456 e. The van der Waals surface area contributed by atoms with Crippen LogP contribution in [-0.4, -0.2) is 19.1 Å². The number of hydrogen-bond acceptors (Lipinski definition) is 3. The molecule has 4 heterocycles. The van der Waals surface area contributed by atoms with E-state index >= 15 is 0 Å². The molecule has 0 aliphatic carbocycles. The first-order valence-corrected chi connectivity index (χ1v) is 17.9. The minimum absolute atomic E-state index is 0.643. The van der Waals surface area contributed by atoms with Gasteiger partial charge >= 0.3 is 0 Å². The van der Waals surface area contributed by atoms with Gasteiger partial charge in [0, 0.05) is 54.7 Å². The SMILES string of the molecule is c1ccc(-c2nc(-n3c4ccccc4c4c3ccc3c5cc6c(cc5n(-c5cccc7ccccc57)c34)oc3ccccc36)nc3ccccc23)cc1. The number of nitrogens with zero attached hydrogens (tertiary/aromatic N) is 4. The number of hydrogen-bond donors (Lipinski definition) is 0. The molecule has 0 amide bonds. The normalized spacial score (nSPS) is 12.2. The molecular formula is C48H28N4O. The summed E-state index contributed by atoms with van der Waals surface area (Å²) in [6, 6.07) is 60.0. The van der Waals surface area contributed by atoms with Crippen molar-refractivity contribution in [3.63, 3.8) is 0 Å². The lowest BCUT2D eigenvalue weighted by atomic mass is 10.1. The maximum Gasteiger partial charge on any atom is 0.235 e. The fourth-order valence-corrected chi connectivity index (χ4v) is 8.62. The number of para-hydroxylation sites is 3. The van der Waals surface area contributed by atoms with Crippen LogP contribution in [0.15, 0.2) is 174 Å². The third-order valence-corrected chi connectivity index (χ3v) is 10.9. The first-order chi connectivity index (χ1) is 26.3. The zero-order valence-electron chi connectivity index (χ0n) is 28.4. The lowest BCUT2D eigenvalue weighted by Crippen LogP contribution is -2.03. The van der Waals surface area contributed by atoms with Crippen LogP contribution in [0.2, 0.25) is 0 Å². The first kappa shape index (κ1) is 28.5. The van der Waals surface area contributed by atoms with Crippen molar-refractivity contribution in [2.75, 3.05) is 0 Å². The Kier molecular flexibility index (Phi) is 5.71. The lowest BCUT2D eigenvalue weighted by molar-refractivity contribution is 0.669. The molecule has 0 spiro atoms. The minimum atomic E-state index is 0.643. The van der Waals surface area contributed by atoms with Crippen LogP contribution in [0.1, 0.15) is 0 Å². The Morgan fingerprint density at radius 1 is 0.415 bits per heavy atom. The molecule has 0 fully saturated rings. The van der Waals surface area contributed by atoms with E-state index < -0.39 is 0 Å². The van der Waals surface area contributed by atoms with E-state index in [1.54, 1.807) is 0 Å². The summed E-state index contributed by atoms with van der Waals surface area (Å²) >= 11 is 0. The van der Waals surface area contributed by atoms with Crippen molar-refractivity contribution in [3.05, 3.63) is 170 Å². The molecule has 4 aromatic heterocycles. The fourth-order valence-electron chi connectivity index (χ4n) is 8.62. The summed E-state index contributed by atoms with van der Waals surface area (Å²) in [7, 11) is 0. The summed E-state index contributed by atoms with van der Waals surface area (Å²) in [5.74, 6) is 0.643. The quantitative estimate of drug-likeness (QED) is 0.187. The Morgan fingerprint density at radius 2 is 1.15 bits per heavy atom. The molecule has 0 aliphatic heterocycles. The van der Waals surface area contributed by atoms with Gasteiger partial charge in [0.15, 0.2) is 0 Å². The van der Waals surface area contributed by atoms with Crippen LogP contribution in [0, 0.1) is 0 Å². The zero-order chi connectivity index (χ0) is 34.6. The average molecular weight is 677 g/mol. The van der Waals surface area contributed by atoms with Gasteiger partial charge in [-0.05, 0) is 41.8 Å². The van der Waals surface area contributed by atoms with Crippen LogP contribution < -0.4 is 0 Å². The predicted molar refractivity (Wildman–Crippen MR) is 218 cm³/mol. The molecule has 0 unspecified atom stereocenters. The molecular weight excluding hydrogens is 649 g/mol. The molecule has 0 bridgehead atoms. The first-order valence-electron chi connectivity index (χ1n) is 17.9. The third-order valence-electron chi connectivity index (χ3n) is 10.9. The fraction of sp³-hybridized carbons (Fsp3) is 0. The van der Waals surface area contributed by atoms with Crippen LogP contribution in [-0.2, 0) is 0 Å². The second-order valence-corrected chi connectivity index (χ2v) is 13.8. The van der Waals surface area contributed by atoms with E-state index in [-0.39, 0.29) is 0 Å². The van der Waals surface area contributed by atoms with Gasteiger partial charge in [-0.15, -0.1) is 0 Å². The van der Waals surface area contributed by atoms with E-state index in [0.717, 1.165) is 82.6 Å². The number of furan rings is 1. The number of fused-ring (bicyclic) bond motifs is 12. The molecule has 12 aromatic rings. The Balaban J connectivity index is 1.27. The number of rotatable bonds is 3. The van der Waals surface area contributed by atoms with Crippen molar-refractivity contribution in [1.29, 1.82) is 0 Å². The molecule has 246 valence electrons. The maximum absolute atomic E-state index is 6.50. The second kappa shape index (κ2) is 10.6. The highest BCUT2D eigenvalue weighted by molar-refractivity contribution is 6.28. The molecule has 12 rings (SSSR count). The van der Waals surface area contributed by atoms with Crippen molar-refractivity contribution >= 4 is 87.2 Å². The summed E-state index contributed by atoms with van der Waals surface area (Å²) < 4.78 is 11.2. The van der Waals surface area contributed by atoms with Crippen molar-refractivity contribution in [3.8, 4) is 22.9 Å². The van der Waals surface area contributed by atoms with Crippen molar-refractivity contribution in [2.24, 2.45) is 0 Å². The van der Waals surface area contributed by atoms with Gasteiger partial charge in [0.25, 0.3) is 0 Å². The molecule has 0 radical (unpaired) electrons. The predicted octanol–water partition coefficient (Wildman–Crippen LogP) is 12.5. The van der Waals surface area contributed by atoms with E-state index in [4.69, 9.17) is 14.4 Å². The van der Waals surface area contributed by atoms with E-state index in [1.165, 1.54) is 21.5 Å². The molecule has 0 atom stereocenters. The Morgan fingerprint density at radius 3 is 2.06 bits per heavy atom. The average Bonchev–Trinajstić information content (AvgIpc) is 3.86. The molecule has 0 saturated heterocycles. The molecule has 0 N–H and O–H groups in total. The zero-order valence-corrected chi connectivity index (χ0v) is 28.4. The van der Waals surface area contributed by atoms with Crippen LogP contribution in [0.25, 0.3) is 110 Å². The van der Waals surface area contributed by atoms with Crippen LogP contribution in [0.5, 0.6) is 0 Å².